The zero-order valence-electron chi connectivity index (χ0n) is 11.4. The van der Waals surface area contributed by atoms with Gasteiger partial charge in [0.2, 0.25) is 0 Å². The van der Waals surface area contributed by atoms with E-state index in [1.165, 1.54) is 16.7 Å². The smallest absolute Gasteiger partial charge is 0.129 e. The van der Waals surface area contributed by atoms with Crippen molar-refractivity contribution in [3.63, 3.8) is 0 Å². The van der Waals surface area contributed by atoms with Crippen molar-refractivity contribution in [2.45, 2.75) is 38.4 Å². The van der Waals surface area contributed by atoms with E-state index >= 15 is 0 Å². The van der Waals surface area contributed by atoms with Crippen LogP contribution in [0.15, 0.2) is 12.1 Å². The second kappa shape index (κ2) is 4.25. The lowest BCUT2D eigenvalue weighted by molar-refractivity contribution is -0.0208. The van der Waals surface area contributed by atoms with E-state index in [0.29, 0.717) is 0 Å². The molecule has 18 heavy (non-hydrogen) atoms. The maximum atomic E-state index is 6.38. The van der Waals surface area contributed by atoms with Gasteiger partial charge in [-0.3, -0.25) is 0 Å². The molecule has 2 aliphatic heterocycles. The standard InChI is InChI=1S/C15H21NO2/c1-10-4-5-12-13(17-3)8-15(6-7-16-9-15)18-14(12)11(10)2/h4-5,13,16H,6-9H2,1-3H3. The minimum atomic E-state index is -0.0633. The second-order valence-corrected chi connectivity index (χ2v) is 5.57. The Bertz CT molecular complexity index is 464. The highest BCUT2D eigenvalue weighted by Crippen LogP contribution is 2.45. The number of benzene rings is 1. The van der Waals surface area contributed by atoms with E-state index in [4.69, 9.17) is 9.47 Å². The van der Waals surface area contributed by atoms with Crippen LogP contribution >= 0.6 is 0 Å². The van der Waals surface area contributed by atoms with Crippen LogP contribution in [0.3, 0.4) is 0 Å². The van der Waals surface area contributed by atoms with Gasteiger partial charge in [0.15, 0.2) is 0 Å². The van der Waals surface area contributed by atoms with Crippen LogP contribution in [0.5, 0.6) is 5.75 Å². The van der Waals surface area contributed by atoms with Gasteiger partial charge in [-0.15, -0.1) is 0 Å². The number of methoxy groups -OCH3 is 1. The fourth-order valence-corrected chi connectivity index (χ4v) is 3.10. The van der Waals surface area contributed by atoms with Crippen LogP contribution in [0.25, 0.3) is 0 Å². The first kappa shape index (κ1) is 12.0. The van der Waals surface area contributed by atoms with Gasteiger partial charge in [-0.1, -0.05) is 12.1 Å². The van der Waals surface area contributed by atoms with Crippen molar-refractivity contribution < 1.29 is 9.47 Å². The van der Waals surface area contributed by atoms with Gasteiger partial charge in [0.1, 0.15) is 11.4 Å². The summed E-state index contributed by atoms with van der Waals surface area (Å²) in [6, 6.07) is 4.31. The molecule has 0 radical (unpaired) electrons. The van der Waals surface area contributed by atoms with Gasteiger partial charge in [-0.2, -0.15) is 0 Å². The molecule has 0 aliphatic carbocycles. The Morgan fingerprint density at radius 3 is 2.89 bits per heavy atom. The molecule has 1 spiro atoms. The number of fused-ring (bicyclic) bond motifs is 1. The average molecular weight is 247 g/mol. The molecule has 0 bridgehead atoms. The molecule has 3 heteroatoms. The Kier molecular flexibility index (Phi) is 2.83. The van der Waals surface area contributed by atoms with E-state index in [2.05, 4.69) is 31.3 Å². The van der Waals surface area contributed by atoms with Crippen LogP contribution in [0.1, 0.15) is 35.6 Å². The third kappa shape index (κ3) is 1.73. The second-order valence-electron chi connectivity index (χ2n) is 5.57. The first-order valence-corrected chi connectivity index (χ1v) is 6.68. The molecule has 0 aromatic heterocycles. The molecule has 1 aromatic rings. The SMILES string of the molecule is COC1CC2(CCNC2)Oc2c1ccc(C)c2C. The van der Waals surface area contributed by atoms with Crippen LogP contribution in [-0.4, -0.2) is 25.8 Å². The topological polar surface area (TPSA) is 30.5 Å². The molecule has 1 N–H and O–H groups in total. The zero-order chi connectivity index (χ0) is 12.8. The van der Waals surface area contributed by atoms with Gasteiger partial charge in [0.05, 0.1) is 6.10 Å². The van der Waals surface area contributed by atoms with Crippen LogP contribution in [0.2, 0.25) is 0 Å². The number of rotatable bonds is 1. The van der Waals surface area contributed by atoms with Crippen molar-refractivity contribution in [1.29, 1.82) is 0 Å². The highest BCUT2D eigenvalue weighted by atomic mass is 16.5. The Labute approximate surface area is 108 Å². The number of hydrogen-bond donors (Lipinski definition) is 1. The lowest BCUT2D eigenvalue weighted by atomic mass is 9.86. The normalized spacial score (nSPS) is 30.3. The Morgan fingerprint density at radius 1 is 1.39 bits per heavy atom. The predicted molar refractivity (Wildman–Crippen MR) is 71.1 cm³/mol. The maximum absolute atomic E-state index is 6.38. The number of hydrogen-bond acceptors (Lipinski definition) is 3. The van der Waals surface area contributed by atoms with Crippen molar-refractivity contribution in [2.24, 2.45) is 0 Å². The summed E-state index contributed by atoms with van der Waals surface area (Å²) in [5.41, 5.74) is 3.68. The molecule has 1 aromatic carbocycles. The minimum absolute atomic E-state index is 0.0633. The summed E-state index contributed by atoms with van der Waals surface area (Å²) in [7, 11) is 1.80. The molecule has 0 saturated carbocycles. The number of ether oxygens (including phenoxy) is 2. The molecule has 3 nitrogen and oxygen atoms in total. The third-order valence-electron chi connectivity index (χ3n) is 4.42. The van der Waals surface area contributed by atoms with Crippen LogP contribution < -0.4 is 10.1 Å². The maximum Gasteiger partial charge on any atom is 0.129 e. The summed E-state index contributed by atoms with van der Waals surface area (Å²) >= 11 is 0. The van der Waals surface area contributed by atoms with Crippen molar-refractivity contribution in [1.82, 2.24) is 5.32 Å². The average Bonchev–Trinajstić information content (AvgIpc) is 2.82. The lowest BCUT2D eigenvalue weighted by Crippen LogP contribution is -2.43. The summed E-state index contributed by atoms with van der Waals surface area (Å²) in [5, 5.41) is 3.41. The molecule has 1 saturated heterocycles. The number of aryl methyl sites for hydroxylation is 1. The zero-order valence-corrected chi connectivity index (χ0v) is 11.4. The van der Waals surface area contributed by atoms with Gasteiger partial charge >= 0.3 is 0 Å². The van der Waals surface area contributed by atoms with Crippen molar-refractivity contribution in [3.05, 3.63) is 28.8 Å². The first-order valence-electron chi connectivity index (χ1n) is 6.68. The molecular weight excluding hydrogens is 226 g/mol. The van der Waals surface area contributed by atoms with Gasteiger partial charge < -0.3 is 14.8 Å². The van der Waals surface area contributed by atoms with Crippen molar-refractivity contribution in [2.75, 3.05) is 20.2 Å². The van der Waals surface area contributed by atoms with Gasteiger partial charge in [-0.25, -0.2) is 0 Å². The molecule has 0 amide bonds. The monoisotopic (exact) mass is 247 g/mol. The van der Waals surface area contributed by atoms with E-state index in [1.54, 1.807) is 7.11 Å². The molecular formula is C15H21NO2. The number of nitrogens with one attached hydrogen (secondary N) is 1. The predicted octanol–water partition coefficient (Wildman–Crippen LogP) is 2.51. The summed E-state index contributed by atoms with van der Waals surface area (Å²) in [6.45, 7) is 6.24. The van der Waals surface area contributed by atoms with Gasteiger partial charge in [0.25, 0.3) is 0 Å². The fourth-order valence-electron chi connectivity index (χ4n) is 3.10. The molecule has 2 atom stereocenters. The van der Waals surface area contributed by atoms with E-state index in [0.717, 1.165) is 31.7 Å². The molecule has 1 fully saturated rings. The fraction of sp³-hybridized carbons (Fsp3) is 0.600. The van der Waals surface area contributed by atoms with Gasteiger partial charge in [0, 0.05) is 32.1 Å². The van der Waals surface area contributed by atoms with Crippen LogP contribution in [0.4, 0.5) is 0 Å². The quantitative estimate of drug-likeness (QED) is 0.827. The molecule has 2 aliphatic rings. The first-order chi connectivity index (χ1) is 8.65. The molecule has 98 valence electrons. The lowest BCUT2D eigenvalue weighted by Gasteiger charge is -2.40. The Balaban J connectivity index is 2.07. The molecule has 2 heterocycles. The summed E-state index contributed by atoms with van der Waals surface area (Å²) in [4.78, 5) is 0. The van der Waals surface area contributed by atoms with Crippen LogP contribution in [-0.2, 0) is 4.74 Å². The highest BCUT2D eigenvalue weighted by molar-refractivity contribution is 5.48. The Morgan fingerprint density at radius 2 is 2.22 bits per heavy atom. The highest BCUT2D eigenvalue weighted by Gasteiger charge is 2.43. The third-order valence-corrected chi connectivity index (χ3v) is 4.42. The van der Waals surface area contributed by atoms with Crippen molar-refractivity contribution >= 4 is 0 Å². The summed E-state index contributed by atoms with van der Waals surface area (Å²) in [6.07, 6.45) is 2.18. The van der Waals surface area contributed by atoms with E-state index in [9.17, 15) is 0 Å². The molecule has 3 rings (SSSR count). The largest absolute Gasteiger partial charge is 0.485 e. The van der Waals surface area contributed by atoms with E-state index < -0.39 is 0 Å². The van der Waals surface area contributed by atoms with E-state index in [1.807, 2.05) is 0 Å². The summed E-state index contributed by atoms with van der Waals surface area (Å²) in [5.74, 6) is 1.05. The molecule has 2 unspecified atom stereocenters. The Hall–Kier alpha value is -1.06. The van der Waals surface area contributed by atoms with Crippen LogP contribution in [0, 0.1) is 13.8 Å². The summed E-state index contributed by atoms with van der Waals surface area (Å²) < 4.78 is 12.1. The van der Waals surface area contributed by atoms with Gasteiger partial charge in [-0.05, 0) is 31.5 Å². The minimum Gasteiger partial charge on any atom is -0.485 e. The van der Waals surface area contributed by atoms with E-state index in [-0.39, 0.29) is 11.7 Å². The van der Waals surface area contributed by atoms with Crippen molar-refractivity contribution in [3.8, 4) is 5.75 Å².